The third-order valence-electron chi connectivity index (χ3n) is 19.4. The molecule has 8 rings (SSSR count). The maximum absolute atomic E-state index is 13.4. The zero-order chi connectivity index (χ0) is 53.1. The number of rotatable bonds is 15. The number of ether oxygens (including phenoxy) is 12. The minimum atomic E-state index is -1.36. The van der Waals surface area contributed by atoms with Crippen molar-refractivity contribution in [1.29, 1.82) is 0 Å². The van der Waals surface area contributed by atoms with E-state index < -0.39 is 127 Å². The number of Topliss-reactive ketones (excluding diaryl/α,β-unsaturated/α-hetero) is 1. The maximum atomic E-state index is 13.4. The Bertz CT molecular complexity index is 2000. The standard InChI is InChI=1S/C55H88O18/c1-14-27(2)50(59)70-41-23-37-36(55(61)20-18-35(28(3)56)54(41,55)9)16-15-32-21-33(17-19-52(32,37)7)69-34-22-40(64-12)49(53(8,60)26-34)72-43-25-39(63-11)46(30(5)67-43)73-51-45(58)48(65-13)47(31(6)68-51)71-42-24-38(62-10)44(57)29(4)66-42/h14-15,29-31,33-49,51,57-58,60-61H,16-26H2,1-13H3/b27-14+/t29?,30?,31?,33-,34?,35?,36?,37?,38?,39?,40?,41+,42?,43?,44?,45?,46?,47?,48?,49?,51?,52-,53?,54-,55-/m0/s1. The minimum Gasteiger partial charge on any atom is -0.458 e. The Kier molecular flexibility index (Phi) is 17.6. The summed E-state index contributed by atoms with van der Waals surface area (Å²) in [5.74, 6) is -0.817. The van der Waals surface area contributed by atoms with Gasteiger partial charge in [0.15, 0.2) is 18.9 Å². The number of aliphatic hydroxyl groups excluding tert-OH is 2. The van der Waals surface area contributed by atoms with E-state index in [9.17, 15) is 30.0 Å². The topological polar surface area (TPSA) is 226 Å². The van der Waals surface area contributed by atoms with Gasteiger partial charge in [-0.25, -0.2) is 4.79 Å². The molecular formula is C55H88O18. The van der Waals surface area contributed by atoms with Crippen LogP contribution in [0.25, 0.3) is 0 Å². The van der Waals surface area contributed by atoms with Crippen molar-refractivity contribution in [3.8, 4) is 0 Å². The highest BCUT2D eigenvalue weighted by molar-refractivity contribution is 5.88. The summed E-state index contributed by atoms with van der Waals surface area (Å²) in [6, 6.07) is 0. The van der Waals surface area contributed by atoms with Gasteiger partial charge < -0.3 is 77.3 Å². The van der Waals surface area contributed by atoms with Gasteiger partial charge in [0.1, 0.15) is 48.5 Å². The van der Waals surface area contributed by atoms with Gasteiger partial charge in [-0.1, -0.05) is 31.6 Å². The first-order valence-electron chi connectivity index (χ1n) is 27.0. The fraction of sp³-hybridized carbons (Fsp3) is 0.891. The van der Waals surface area contributed by atoms with Crippen LogP contribution in [0.15, 0.2) is 23.3 Å². The predicted molar refractivity (Wildman–Crippen MR) is 263 cm³/mol. The lowest BCUT2D eigenvalue weighted by Crippen LogP contribution is -2.66. The molecule has 3 saturated heterocycles. The molecule has 3 aliphatic heterocycles. The van der Waals surface area contributed by atoms with Gasteiger partial charge in [-0.05, 0) is 111 Å². The van der Waals surface area contributed by atoms with Gasteiger partial charge in [-0.15, -0.1) is 0 Å². The van der Waals surface area contributed by atoms with Crippen molar-refractivity contribution in [1.82, 2.24) is 0 Å². The minimum absolute atomic E-state index is 0.0280. The van der Waals surface area contributed by atoms with Gasteiger partial charge in [-0.2, -0.15) is 0 Å². The average molecular weight is 1040 g/mol. The molecule has 7 fully saturated rings. The Hall–Kier alpha value is -1.98. The van der Waals surface area contributed by atoms with Crippen LogP contribution in [0.2, 0.25) is 0 Å². The summed E-state index contributed by atoms with van der Waals surface area (Å²) in [5.41, 5.74) is -1.90. The molecular weight excluding hydrogens is 949 g/mol. The quantitative estimate of drug-likeness (QED) is 0.0961. The number of allylic oxidation sites excluding steroid dienone is 2. The summed E-state index contributed by atoms with van der Waals surface area (Å²) >= 11 is 0. The molecule has 0 spiro atoms. The lowest BCUT2D eigenvalue weighted by Gasteiger charge is -2.63. The van der Waals surface area contributed by atoms with E-state index in [1.165, 1.54) is 19.8 Å². The molecule has 25 atom stereocenters. The predicted octanol–water partition coefficient (Wildman–Crippen LogP) is 5.01. The molecule has 0 aromatic carbocycles. The van der Waals surface area contributed by atoms with E-state index in [1.54, 1.807) is 54.9 Å². The van der Waals surface area contributed by atoms with Crippen molar-refractivity contribution >= 4 is 11.8 Å². The smallest absolute Gasteiger partial charge is 0.333 e. The van der Waals surface area contributed by atoms with E-state index in [1.807, 2.05) is 20.8 Å². The molecule has 0 bridgehead atoms. The number of fused-ring (bicyclic) bond motifs is 5. The van der Waals surface area contributed by atoms with Crippen LogP contribution >= 0.6 is 0 Å². The Morgan fingerprint density at radius 3 is 2.01 bits per heavy atom. The molecule has 18 nitrogen and oxygen atoms in total. The van der Waals surface area contributed by atoms with E-state index in [2.05, 4.69) is 13.0 Å². The van der Waals surface area contributed by atoms with E-state index in [0.29, 0.717) is 50.5 Å². The van der Waals surface area contributed by atoms with Crippen LogP contribution in [0.1, 0.15) is 133 Å². The second kappa shape index (κ2) is 22.4. The van der Waals surface area contributed by atoms with Crippen molar-refractivity contribution in [2.24, 2.45) is 28.6 Å². The average Bonchev–Trinajstić information content (AvgIpc) is 3.64. The van der Waals surface area contributed by atoms with Crippen LogP contribution in [0.5, 0.6) is 0 Å². The molecule has 18 heteroatoms. The molecule has 20 unspecified atom stereocenters. The van der Waals surface area contributed by atoms with Gasteiger partial charge in [0.2, 0.25) is 0 Å². The highest BCUT2D eigenvalue weighted by atomic mass is 16.8. The van der Waals surface area contributed by atoms with E-state index in [-0.39, 0.29) is 48.1 Å². The third-order valence-corrected chi connectivity index (χ3v) is 19.4. The lowest BCUT2D eigenvalue weighted by atomic mass is 9.45. The summed E-state index contributed by atoms with van der Waals surface area (Å²) < 4.78 is 74.6. The van der Waals surface area contributed by atoms with Gasteiger partial charge in [0.25, 0.3) is 0 Å². The second-order valence-electron chi connectivity index (χ2n) is 23.5. The van der Waals surface area contributed by atoms with Crippen molar-refractivity contribution in [3.63, 3.8) is 0 Å². The molecule has 4 saturated carbocycles. The van der Waals surface area contributed by atoms with Crippen molar-refractivity contribution in [2.45, 2.75) is 255 Å². The van der Waals surface area contributed by atoms with Gasteiger partial charge in [-0.3, -0.25) is 4.79 Å². The van der Waals surface area contributed by atoms with Crippen molar-refractivity contribution in [3.05, 3.63) is 23.3 Å². The fourth-order valence-electron chi connectivity index (χ4n) is 15.0. The number of carbonyl (C=O) groups is 2. The van der Waals surface area contributed by atoms with E-state index >= 15 is 0 Å². The zero-order valence-electron chi connectivity index (χ0n) is 45.6. The maximum Gasteiger partial charge on any atom is 0.333 e. The van der Waals surface area contributed by atoms with Crippen LogP contribution in [0.3, 0.4) is 0 Å². The SMILES string of the molecule is C/C=C(\C)C(=O)O[C@@H]1CC2C(CC=C3C[C@@H](OC4CC(OC)C(OC5CC(OC)C(OC6OC(C)C(OC7CC(OC)C(O)C(C)O7)C(OC)C6O)C(C)O5)C(C)(O)C4)CC[C@@]32C)[C@@]2(O)CCC(C(C)=O)[C@@]12C. The normalized spacial score (nSPS) is 50.3. The number of aliphatic hydroxyl groups is 4. The van der Waals surface area contributed by atoms with Crippen molar-refractivity contribution < 1.29 is 86.9 Å². The molecule has 73 heavy (non-hydrogen) atoms. The van der Waals surface area contributed by atoms with Gasteiger partial charge in [0, 0.05) is 71.0 Å². The first-order valence-corrected chi connectivity index (χ1v) is 27.0. The van der Waals surface area contributed by atoms with Crippen LogP contribution in [-0.4, -0.2) is 182 Å². The van der Waals surface area contributed by atoms with Gasteiger partial charge >= 0.3 is 5.97 Å². The number of hydrogen-bond acceptors (Lipinski definition) is 18. The molecule has 416 valence electrons. The monoisotopic (exact) mass is 1040 g/mol. The highest BCUT2D eigenvalue weighted by Gasteiger charge is 2.71. The molecule has 4 N–H and O–H groups in total. The number of ketones is 1. The lowest BCUT2D eigenvalue weighted by molar-refractivity contribution is -0.364. The molecule has 0 aromatic heterocycles. The van der Waals surface area contributed by atoms with E-state index in [4.69, 9.17) is 56.8 Å². The Morgan fingerprint density at radius 2 is 1.36 bits per heavy atom. The number of esters is 1. The number of methoxy groups -OCH3 is 4. The molecule has 8 aliphatic rings. The highest BCUT2D eigenvalue weighted by Crippen LogP contribution is 2.69. The van der Waals surface area contributed by atoms with Crippen LogP contribution in [-0.2, 0) is 66.4 Å². The van der Waals surface area contributed by atoms with Crippen LogP contribution in [0, 0.1) is 28.6 Å². The first-order chi connectivity index (χ1) is 34.5. The Labute approximate surface area is 432 Å². The summed E-state index contributed by atoms with van der Waals surface area (Å²) in [5, 5.41) is 47.1. The summed E-state index contributed by atoms with van der Waals surface area (Å²) in [6.07, 6.45) is -2.07. The van der Waals surface area contributed by atoms with Crippen LogP contribution in [0.4, 0.5) is 0 Å². The Morgan fingerprint density at radius 1 is 0.699 bits per heavy atom. The molecule has 5 aliphatic carbocycles. The molecule has 3 heterocycles. The summed E-state index contributed by atoms with van der Waals surface area (Å²) in [4.78, 5) is 26.5. The first kappa shape index (κ1) is 57.2. The summed E-state index contributed by atoms with van der Waals surface area (Å²) in [7, 11) is 6.20. The zero-order valence-corrected chi connectivity index (χ0v) is 45.6. The van der Waals surface area contributed by atoms with Gasteiger partial charge in [0.05, 0.1) is 60.0 Å². The fourth-order valence-corrected chi connectivity index (χ4v) is 15.0. The molecule has 0 amide bonds. The largest absolute Gasteiger partial charge is 0.458 e. The number of carbonyl (C=O) groups excluding carboxylic acids is 2. The second-order valence-corrected chi connectivity index (χ2v) is 23.5. The van der Waals surface area contributed by atoms with Crippen LogP contribution < -0.4 is 0 Å². The Balaban J connectivity index is 0.879. The van der Waals surface area contributed by atoms with E-state index in [0.717, 1.165) is 12.8 Å². The molecule has 0 aromatic rings. The molecule has 0 radical (unpaired) electrons. The van der Waals surface area contributed by atoms with Crippen molar-refractivity contribution in [2.75, 3.05) is 28.4 Å². The number of hydrogen-bond donors (Lipinski definition) is 4. The summed E-state index contributed by atoms with van der Waals surface area (Å²) in [6.45, 7) is 16.6. The third kappa shape index (κ3) is 10.6.